The van der Waals surface area contributed by atoms with E-state index in [0.717, 1.165) is 11.4 Å². The van der Waals surface area contributed by atoms with Crippen LogP contribution < -0.4 is 0 Å². The summed E-state index contributed by atoms with van der Waals surface area (Å²) in [5.74, 6) is 0. The molecule has 0 saturated heterocycles. The second kappa shape index (κ2) is 7.46. The van der Waals surface area contributed by atoms with Crippen LogP contribution in [0.15, 0.2) is 23.3 Å². The molecule has 0 aliphatic heterocycles. The summed E-state index contributed by atoms with van der Waals surface area (Å²) in [7, 11) is 3.71. The number of hydrogen-bond donors (Lipinski definition) is 0. The minimum absolute atomic E-state index is 0. The third-order valence-electron chi connectivity index (χ3n) is 1.65. The Labute approximate surface area is 112 Å². The monoisotopic (exact) mass is 285 g/mol. The molecule has 1 rings (SSSR count). The molecule has 0 atom stereocenters. The van der Waals surface area contributed by atoms with E-state index in [0.29, 0.717) is 5.11 Å². The largest absolute Gasteiger partial charge is 2.00 e. The number of aromatic nitrogens is 1. The molecule has 0 aliphatic carbocycles. The molecule has 1 aromatic rings. The normalized spacial score (nSPS) is 10.2. The molecular formula is C10H14CuN4S+2. The third kappa shape index (κ3) is 5.32. The summed E-state index contributed by atoms with van der Waals surface area (Å²) in [4.78, 5) is 6.03. The quantitative estimate of drug-likeness (QED) is 0.203. The van der Waals surface area contributed by atoms with Crippen LogP contribution in [0.4, 0.5) is 0 Å². The maximum Gasteiger partial charge on any atom is 2.00 e. The van der Waals surface area contributed by atoms with Crippen molar-refractivity contribution in [1.82, 2.24) is 9.88 Å². The van der Waals surface area contributed by atoms with Crippen LogP contribution in [0.1, 0.15) is 11.4 Å². The number of thiol groups is 1. The Kier molecular flexibility index (Phi) is 7.08. The first kappa shape index (κ1) is 15.2. The Morgan fingerprint density at radius 1 is 1.50 bits per heavy atom. The van der Waals surface area contributed by atoms with Gasteiger partial charge in [0.2, 0.25) is 0 Å². The van der Waals surface area contributed by atoms with Crippen LogP contribution in [0, 0.1) is 6.92 Å². The molecule has 89 valence electrons. The van der Waals surface area contributed by atoms with E-state index < -0.39 is 0 Å². The van der Waals surface area contributed by atoms with E-state index in [4.69, 9.17) is 0 Å². The Balaban J connectivity index is 0.00000225. The third-order valence-corrected chi connectivity index (χ3v) is 2.14. The van der Waals surface area contributed by atoms with Gasteiger partial charge in [-0.15, -0.1) is 0 Å². The molecule has 1 heterocycles. The van der Waals surface area contributed by atoms with Gasteiger partial charge in [0.1, 0.15) is 0 Å². The maximum atomic E-state index is 4.26. The fraction of sp³-hybridized carbons (Fsp3) is 0.300. The summed E-state index contributed by atoms with van der Waals surface area (Å²) in [6, 6.07) is 5.74. The molecule has 1 aromatic heterocycles. The van der Waals surface area contributed by atoms with Crippen LogP contribution in [0.5, 0.6) is 0 Å². The SMILES string of the molecule is Cc1cccc(C=N[N-]C(=[SH+])N(C)C)n1.[Cu+2]. The molecule has 16 heavy (non-hydrogen) atoms. The molecule has 0 aromatic carbocycles. The number of aryl methyl sites for hydroxylation is 1. The minimum Gasteiger partial charge on any atom is -0.515 e. The molecule has 0 saturated carbocycles. The van der Waals surface area contributed by atoms with E-state index in [1.54, 1.807) is 11.1 Å². The molecule has 0 N–H and O–H groups in total. The van der Waals surface area contributed by atoms with Crippen molar-refractivity contribution in [1.29, 1.82) is 0 Å². The van der Waals surface area contributed by atoms with E-state index in [1.165, 1.54) is 0 Å². The molecule has 0 unspecified atom stereocenters. The van der Waals surface area contributed by atoms with Crippen LogP contribution in [0.2, 0.25) is 0 Å². The van der Waals surface area contributed by atoms with E-state index in [9.17, 15) is 0 Å². The summed E-state index contributed by atoms with van der Waals surface area (Å²) < 4.78 is 0. The predicted octanol–water partition coefficient (Wildman–Crippen LogP) is 1.02. The molecule has 0 spiro atoms. The van der Waals surface area contributed by atoms with E-state index in [-0.39, 0.29) is 17.1 Å². The molecular weight excluding hydrogens is 272 g/mol. The van der Waals surface area contributed by atoms with Crippen LogP contribution in [0.3, 0.4) is 0 Å². The fourth-order valence-corrected chi connectivity index (χ4v) is 0.917. The van der Waals surface area contributed by atoms with Gasteiger partial charge >= 0.3 is 17.1 Å². The zero-order chi connectivity index (χ0) is 11.3. The maximum absolute atomic E-state index is 4.26. The van der Waals surface area contributed by atoms with Crippen LogP contribution >= 0.6 is 0 Å². The van der Waals surface area contributed by atoms with Gasteiger partial charge in [-0.2, -0.15) is 0 Å². The predicted molar refractivity (Wildman–Crippen MR) is 67.4 cm³/mol. The Morgan fingerprint density at radius 2 is 2.19 bits per heavy atom. The smallest absolute Gasteiger partial charge is 0.515 e. The summed E-state index contributed by atoms with van der Waals surface area (Å²) in [5, 5.41) is 4.44. The van der Waals surface area contributed by atoms with Crippen molar-refractivity contribution in [2.75, 3.05) is 14.1 Å². The number of pyridine rings is 1. The zero-order valence-electron chi connectivity index (χ0n) is 9.35. The van der Waals surface area contributed by atoms with Gasteiger partial charge < -0.3 is 10.5 Å². The topological polar surface area (TPSA) is 42.6 Å². The van der Waals surface area contributed by atoms with E-state index in [1.807, 2.05) is 39.2 Å². The van der Waals surface area contributed by atoms with Crippen molar-refractivity contribution in [3.63, 3.8) is 0 Å². The number of nitrogens with zero attached hydrogens (tertiary/aromatic N) is 4. The van der Waals surface area contributed by atoms with Gasteiger partial charge in [-0.3, -0.25) is 9.88 Å². The van der Waals surface area contributed by atoms with Crippen molar-refractivity contribution in [2.24, 2.45) is 5.10 Å². The van der Waals surface area contributed by atoms with Crippen LogP contribution in [-0.2, 0) is 29.3 Å². The first-order valence-electron chi connectivity index (χ1n) is 4.50. The van der Waals surface area contributed by atoms with Crippen molar-refractivity contribution in [2.45, 2.75) is 6.92 Å². The Morgan fingerprint density at radius 3 is 2.75 bits per heavy atom. The van der Waals surface area contributed by atoms with Crippen molar-refractivity contribution >= 4 is 23.5 Å². The molecule has 0 amide bonds. The summed E-state index contributed by atoms with van der Waals surface area (Å²) >= 11 is 4.13. The van der Waals surface area contributed by atoms with Gasteiger partial charge in [-0.25, -0.2) is 0 Å². The zero-order valence-corrected chi connectivity index (χ0v) is 11.2. The Bertz CT molecular complexity index is 379. The van der Waals surface area contributed by atoms with Gasteiger partial charge in [0.25, 0.3) is 0 Å². The summed E-state index contributed by atoms with van der Waals surface area (Å²) in [6.07, 6.45) is 1.60. The van der Waals surface area contributed by atoms with E-state index in [2.05, 4.69) is 27.7 Å². The summed E-state index contributed by atoms with van der Waals surface area (Å²) in [5.41, 5.74) is 5.64. The minimum atomic E-state index is 0. The van der Waals surface area contributed by atoms with E-state index >= 15 is 0 Å². The van der Waals surface area contributed by atoms with Gasteiger partial charge in [0, 0.05) is 11.9 Å². The molecule has 4 nitrogen and oxygen atoms in total. The second-order valence-corrected chi connectivity index (χ2v) is 3.64. The molecule has 0 aliphatic rings. The molecule has 0 fully saturated rings. The average Bonchev–Trinajstić information content (AvgIpc) is 2.17. The van der Waals surface area contributed by atoms with Crippen molar-refractivity contribution < 1.29 is 17.1 Å². The fourth-order valence-electron chi connectivity index (χ4n) is 0.865. The van der Waals surface area contributed by atoms with Crippen LogP contribution in [0.25, 0.3) is 5.43 Å². The molecule has 0 bridgehead atoms. The number of hydrogen-bond acceptors (Lipinski definition) is 2. The molecule has 1 radical (unpaired) electrons. The first-order valence-corrected chi connectivity index (χ1v) is 4.95. The second-order valence-electron chi connectivity index (χ2n) is 3.24. The van der Waals surface area contributed by atoms with Gasteiger partial charge in [0.15, 0.2) is 17.3 Å². The average molecular weight is 286 g/mol. The number of rotatable bonds is 2. The van der Waals surface area contributed by atoms with Crippen molar-refractivity contribution in [3.05, 3.63) is 35.0 Å². The van der Waals surface area contributed by atoms with Gasteiger partial charge in [0.05, 0.1) is 5.69 Å². The standard InChI is InChI=1S/C10H14N4S.Cu/c1-8-5-4-6-9(12-8)7-11-13-10(15)14(2)3;/h4-7H,1-3H3,(H,12,13,15);/q;+2. The van der Waals surface area contributed by atoms with Gasteiger partial charge in [-0.1, -0.05) is 6.07 Å². The Hall–Kier alpha value is -0.811. The van der Waals surface area contributed by atoms with Crippen LogP contribution in [-0.4, -0.2) is 35.3 Å². The summed E-state index contributed by atoms with van der Waals surface area (Å²) in [6.45, 7) is 1.93. The van der Waals surface area contributed by atoms with Crippen molar-refractivity contribution in [3.8, 4) is 0 Å². The van der Waals surface area contributed by atoms with Gasteiger partial charge in [-0.05, 0) is 33.2 Å². The first-order chi connectivity index (χ1) is 7.09. The molecule has 6 heteroatoms.